The van der Waals surface area contributed by atoms with Gasteiger partial charge in [0.1, 0.15) is 0 Å². The van der Waals surface area contributed by atoms with Gasteiger partial charge < -0.3 is 5.73 Å². The molecule has 0 aliphatic heterocycles. The molecule has 1 aromatic rings. The summed E-state index contributed by atoms with van der Waals surface area (Å²) >= 11 is 0. The quantitative estimate of drug-likeness (QED) is 0.868. The van der Waals surface area contributed by atoms with E-state index in [2.05, 4.69) is 41.9 Å². The van der Waals surface area contributed by atoms with Crippen LogP contribution in [0.4, 0.5) is 0 Å². The number of pyridine rings is 1. The van der Waals surface area contributed by atoms with Crippen molar-refractivity contribution in [2.45, 2.75) is 45.7 Å². The Morgan fingerprint density at radius 2 is 2.22 bits per heavy atom. The van der Waals surface area contributed by atoms with Gasteiger partial charge in [-0.1, -0.05) is 13.0 Å². The van der Waals surface area contributed by atoms with Crippen LogP contribution in [-0.2, 0) is 6.54 Å². The molecule has 1 fully saturated rings. The molecule has 0 amide bonds. The van der Waals surface area contributed by atoms with Crippen molar-refractivity contribution in [2.24, 2.45) is 11.7 Å². The summed E-state index contributed by atoms with van der Waals surface area (Å²) in [6.07, 6.45) is 3.68. The van der Waals surface area contributed by atoms with Crippen LogP contribution in [0.25, 0.3) is 0 Å². The van der Waals surface area contributed by atoms with Gasteiger partial charge in [-0.05, 0) is 50.8 Å². The van der Waals surface area contributed by atoms with Crippen molar-refractivity contribution in [1.29, 1.82) is 0 Å². The number of nitrogens with zero attached hydrogens (tertiary/aromatic N) is 2. The summed E-state index contributed by atoms with van der Waals surface area (Å²) in [5, 5.41) is 0. The average molecular weight is 247 g/mol. The second-order valence-corrected chi connectivity index (χ2v) is 5.54. The van der Waals surface area contributed by atoms with E-state index in [0.717, 1.165) is 24.7 Å². The number of hydrogen-bond acceptors (Lipinski definition) is 3. The Hall–Kier alpha value is -0.930. The minimum atomic E-state index is 0.436. The van der Waals surface area contributed by atoms with E-state index in [1.807, 2.05) is 0 Å². The molecule has 2 N–H and O–H groups in total. The van der Waals surface area contributed by atoms with Crippen LogP contribution in [0.1, 0.15) is 37.6 Å². The summed E-state index contributed by atoms with van der Waals surface area (Å²) < 4.78 is 0. The van der Waals surface area contributed by atoms with Crippen molar-refractivity contribution < 1.29 is 0 Å². The standard InChI is InChI=1S/C15H25N3/c1-3-18(10-13-7-8-14(16)9-13)11-15-6-4-5-12(2)17-15/h4-6,13-14H,3,7-11,16H2,1-2H3. The van der Waals surface area contributed by atoms with Crippen LogP contribution >= 0.6 is 0 Å². The molecule has 0 bridgehead atoms. The maximum absolute atomic E-state index is 5.98. The molecule has 2 rings (SSSR count). The number of hydrogen-bond donors (Lipinski definition) is 1. The van der Waals surface area contributed by atoms with Crippen molar-refractivity contribution in [1.82, 2.24) is 9.88 Å². The fourth-order valence-electron chi connectivity index (χ4n) is 2.87. The van der Waals surface area contributed by atoms with Crippen LogP contribution in [0.3, 0.4) is 0 Å². The van der Waals surface area contributed by atoms with E-state index in [1.165, 1.54) is 31.5 Å². The lowest BCUT2D eigenvalue weighted by molar-refractivity contribution is 0.231. The van der Waals surface area contributed by atoms with Gasteiger partial charge in [-0.2, -0.15) is 0 Å². The molecule has 18 heavy (non-hydrogen) atoms. The van der Waals surface area contributed by atoms with Gasteiger partial charge in [-0.25, -0.2) is 0 Å². The molecular formula is C15H25N3. The minimum absolute atomic E-state index is 0.436. The van der Waals surface area contributed by atoms with Gasteiger partial charge in [-0.15, -0.1) is 0 Å². The Kier molecular flexibility index (Phi) is 4.72. The van der Waals surface area contributed by atoms with E-state index in [0.29, 0.717) is 6.04 Å². The Morgan fingerprint density at radius 1 is 1.39 bits per heavy atom. The fraction of sp³-hybridized carbons (Fsp3) is 0.667. The lowest BCUT2D eigenvalue weighted by atomic mass is 10.1. The lowest BCUT2D eigenvalue weighted by Gasteiger charge is -2.23. The van der Waals surface area contributed by atoms with Gasteiger partial charge in [-0.3, -0.25) is 9.88 Å². The minimum Gasteiger partial charge on any atom is -0.328 e. The third-order valence-corrected chi connectivity index (χ3v) is 3.88. The van der Waals surface area contributed by atoms with Crippen molar-refractivity contribution in [3.63, 3.8) is 0 Å². The SMILES string of the molecule is CCN(Cc1cccc(C)n1)CC1CCC(N)C1. The zero-order valence-corrected chi connectivity index (χ0v) is 11.6. The van der Waals surface area contributed by atoms with Crippen LogP contribution < -0.4 is 5.73 Å². The first-order valence-corrected chi connectivity index (χ1v) is 7.08. The molecule has 100 valence electrons. The van der Waals surface area contributed by atoms with Crippen molar-refractivity contribution in [3.8, 4) is 0 Å². The largest absolute Gasteiger partial charge is 0.328 e. The van der Waals surface area contributed by atoms with Gasteiger partial charge in [0.15, 0.2) is 0 Å². The summed E-state index contributed by atoms with van der Waals surface area (Å²) in [7, 11) is 0. The zero-order valence-electron chi connectivity index (χ0n) is 11.6. The molecule has 3 heteroatoms. The Bertz CT molecular complexity index is 378. The maximum Gasteiger partial charge on any atom is 0.0547 e. The highest BCUT2D eigenvalue weighted by Crippen LogP contribution is 2.25. The maximum atomic E-state index is 5.98. The first-order valence-electron chi connectivity index (χ1n) is 7.08. The first kappa shape index (κ1) is 13.5. The van der Waals surface area contributed by atoms with Crippen molar-refractivity contribution in [2.75, 3.05) is 13.1 Å². The second-order valence-electron chi connectivity index (χ2n) is 5.54. The molecule has 1 aliphatic carbocycles. The lowest BCUT2D eigenvalue weighted by Crippen LogP contribution is -2.29. The predicted molar refractivity (Wildman–Crippen MR) is 75.2 cm³/mol. The van der Waals surface area contributed by atoms with Crippen LogP contribution in [0, 0.1) is 12.8 Å². The highest BCUT2D eigenvalue weighted by Gasteiger charge is 2.23. The number of nitrogens with two attached hydrogens (primary N) is 1. The van der Waals surface area contributed by atoms with Crippen LogP contribution in [0.5, 0.6) is 0 Å². The topological polar surface area (TPSA) is 42.2 Å². The molecule has 0 aromatic carbocycles. The second kappa shape index (κ2) is 6.30. The third kappa shape index (κ3) is 3.79. The Morgan fingerprint density at radius 3 is 2.83 bits per heavy atom. The van der Waals surface area contributed by atoms with Crippen LogP contribution in [0.15, 0.2) is 18.2 Å². The molecule has 0 radical (unpaired) electrons. The van der Waals surface area contributed by atoms with Gasteiger partial charge in [0.2, 0.25) is 0 Å². The number of aromatic nitrogens is 1. The Labute approximate surface area is 110 Å². The van der Waals surface area contributed by atoms with E-state index in [4.69, 9.17) is 5.73 Å². The first-order chi connectivity index (χ1) is 8.67. The Balaban J connectivity index is 1.89. The number of aryl methyl sites for hydroxylation is 1. The summed E-state index contributed by atoms with van der Waals surface area (Å²) in [5.41, 5.74) is 8.27. The molecule has 1 aromatic heterocycles. The molecule has 3 nitrogen and oxygen atoms in total. The van der Waals surface area contributed by atoms with Crippen LogP contribution in [-0.4, -0.2) is 29.0 Å². The smallest absolute Gasteiger partial charge is 0.0547 e. The summed E-state index contributed by atoms with van der Waals surface area (Å²) in [4.78, 5) is 7.07. The highest BCUT2D eigenvalue weighted by molar-refractivity contribution is 5.09. The average Bonchev–Trinajstić information content (AvgIpc) is 2.74. The molecule has 1 aliphatic rings. The van der Waals surface area contributed by atoms with Gasteiger partial charge in [0.25, 0.3) is 0 Å². The zero-order chi connectivity index (χ0) is 13.0. The molecule has 0 spiro atoms. The van der Waals surface area contributed by atoms with E-state index in [-0.39, 0.29) is 0 Å². The van der Waals surface area contributed by atoms with Crippen molar-refractivity contribution in [3.05, 3.63) is 29.6 Å². The molecule has 2 atom stereocenters. The number of rotatable bonds is 5. The summed E-state index contributed by atoms with van der Waals surface area (Å²) in [5.74, 6) is 0.782. The van der Waals surface area contributed by atoms with E-state index >= 15 is 0 Å². The van der Waals surface area contributed by atoms with E-state index in [1.54, 1.807) is 0 Å². The molecule has 1 heterocycles. The van der Waals surface area contributed by atoms with Gasteiger partial charge in [0, 0.05) is 24.8 Å². The molecule has 2 unspecified atom stereocenters. The monoisotopic (exact) mass is 247 g/mol. The van der Waals surface area contributed by atoms with Crippen molar-refractivity contribution >= 4 is 0 Å². The molecular weight excluding hydrogens is 222 g/mol. The normalized spacial score (nSPS) is 23.8. The van der Waals surface area contributed by atoms with E-state index < -0.39 is 0 Å². The molecule has 1 saturated carbocycles. The fourth-order valence-corrected chi connectivity index (χ4v) is 2.87. The third-order valence-electron chi connectivity index (χ3n) is 3.88. The summed E-state index contributed by atoms with van der Waals surface area (Å²) in [6, 6.07) is 6.70. The van der Waals surface area contributed by atoms with Gasteiger partial charge in [0.05, 0.1) is 5.69 Å². The highest BCUT2D eigenvalue weighted by atomic mass is 15.1. The van der Waals surface area contributed by atoms with Crippen LogP contribution in [0.2, 0.25) is 0 Å². The molecule has 0 saturated heterocycles. The van der Waals surface area contributed by atoms with Gasteiger partial charge >= 0.3 is 0 Å². The summed E-state index contributed by atoms with van der Waals surface area (Å²) in [6.45, 7) is 7.49. The van der Waals surface area contributed by atoms with E-state index in [9.17, 15) is 0 Å². The predicted octanol–water partition coefficient (Wildman–Crippen LogP) is 2.34.